The zero-order valence-corrected chi connectivity index (χ0v) is 11.6. The number of hydrogen-bond acceptors (Lipinski definition) is 2. The Hall–Kier alpha value is -1.45. The van der Waals surface area contributed by atoms with Crippen LogP contribution in [0.2, 0.25) is 5.02 Å². The smallest absolute Gasteiger partial charge is 0.129 e. The second-order valence-corrected chi connectivity index (χ2v) is 4.92. The number of likely N-dealkylation sites (N-methyl/N-ethyl adjacent to an activating group) is 1. The number of benzene rings is 1. The van der Waals surface area contributed by atoms with Crippen molar-refractivity contribution < 1.29 is 4.39 Å². The van der Waals surface area contributed by atoms with Gasteiger partial charge in [-0.2, -0.15) is 0 Å². The quantitative estimate of drug-likeness (QED) is 0.831. The highest BCUT2D eigenvalue weighted by molar-refractivity contribution is 6.31. The van der Waals surface area contributed by atoms with Crippen LogP contribution in [0.3, 0.4) is 0 Å². The van der Waals surface area contributed by atoms with Crippen molar-refractivity contribution in [2.45, 2.75) is 13.0 Å². The van der Waals surface area contributed by atoms with E-state index < -0.39 is 0 Å². The Balaban J connectivity index is 1.93. The Kier molecular flexibility index (Phi) is 4.88. The normalized spacial score (nSPS) is 10.9. The molecule has 0 aliphatic heterocycles. The van der Waals surface area contributed by atoms with Gasteiger partial charge in [0, 0.05) is 42.0 Å². The van der Waals surface area contributed by atoms with E-state index >= 15 is 0 Å². The summed E-state index contributed by atoms with van der Waals surface area (Å²) in [4.78, 5) is 6.31. The maximum absolute atomic E-state index is 13.7. The summed E-state index contributed by atoms with van der Waals surface area (Å²) in [6, 6.07) is 10.6. The van der Waals surface area contributed by atoms with Crippen LogP contribution in [0.1, 0.15) is 11.3 Å². The lowest BCUT2D eigenvalue weighted by molar-refractivity contribution is 0.324. The summed E-state index contributed by atoms with van der Waals surface area (Å²) in [6.07, 6.45) is 2.62. The number of aromatic nitrogens is 1. The third kappa shape index (κ3) is 4.01. The second kappa shape index (κ2) is 6.64. The van der Waals surface area contributed by atoms with Crippen LogP contribution in [0.25, 0.3) is 0 Å². The zero-order valence-electron chi connectivity index (χ0n) is 10.8. The minimum absolute atomic E-state index is 0.253. The van der Waals surface area contributed by atoms with Gasteiger partial charge in [-0.15, -0.1) is 0 Å². The van der Waals surface area contributed by atoms with Gasteiger partial charge in [-0.1, -0.05) is 23.7 Å². The van der Waals surface area contributed by atoms with Crippen LogP contribution in [0, 0.1) is 5.82 Å². The van der Waals surface area contributed by atoms with E-state index in [1.54, 1.807) is 18.3 Å². The summed E-state index contributed by atoms with van der Waals surface area (Å²) in [5.41, 5.74) is 1.58. The summed E-state index contributed by atoms with van der Waals surface area (Å²) >= 11 is 6.01. The van der Waals surface area contributed by atoms with Crippen molar-refractivity contribution in [1.29, 1.82) is 0 Å². The van der Waals surface area contributed by atoms with Gasteiger partial charge in [0.2, 0.25) is 0 Å². The first-order valence-corrected chi connectivity index (χ1v) is 6.56. The van der Waals surface area contributed by atoms with Crippen molar-refractivity contribution in [2.75, 3.05) is 13.6 Å². The zero-order chi connectivity index (χ0) is 13.7. The first kappa shape index (κ1) is 14.0. The van der Waals surface area contributed by atoms with Gasteiger partial charge >= 0.3 is 0 Å². The fourth-order valence-electron chi connectivity index (χ4n) is 1.88. The fraction of sp³-hybridized carbons (Fsp3) is 0.267. The van der Waals surface area contributed by atoms with Crippen LogP contribution in [-0.4, -0.2) is 23.5 Å². The first-order chi connectivity index (χ1) is 9.16. The molecule has 0 saturated heterocycles. The van der Waals surface area contributed by atoms with Gasteiger partial charge in [0.25, 0.3) is 0 Å². The van der Waals surface area contributed by atoms with Gasteiger partial charge in [0.1, 0.15) is 5.82 Å². The molecule has 100 valence electrons. The van der Waals surface area contributed by atoms with Crippen LogP contribution in [0.4, 0.5) is 4.39 Å². The van der Waals surface area contributed by atoms with E-state index in [2.05, 4.69) is 4.98 Å². The molecule has 0 amide bonds. The van der Waals surface area contributed by atoms with E-state index in [4.69, 9.17) is 11.6 Å². The van der Waals surface area contributed by atoms with Gasteiger partial charge in [-0.25, -0.2) is 4.39 Å². The molecule has 0 fully saturated rings. The number of nitrogens with zero attached hydrogens (tertiary/aromatic N) is 2. The summed E-state index contributed by atoms with van der Waals surface area (Å²) in [7, 11) is 1.95. The van der Waals surface area contributed by atoms with Gasteiger partial charge in [0.15, 0.2) is 0 Å². The molecule has 1 heterocycles. The van der Waals surface area contributed by atoms with Crippen molar-refractivity contribution in [3.8, 4) is 0 Å². The van der Waals surface area contributed by atoms with Crippen LogP contribution in [0.15, 0.2) is 42.6 Å². The molecule has 2 aromatic rings. The van der Waals surface area contributed by atoms with E-state index in [9.17, 15) is 4.39 Å². The molecular weight excluding hydrogens is 263 g/mol. The van der Waals surface area contributed by atoms with Crippen molar-refractivity contribution in [1.82, 2.24) is 9.88 Å². The molecule has 0 saturated carbocycles. The lowest BCUT2D eigenvalue weighted by Crippen LogP contribution is -2.21. The topological polar surface area (TPSA) is 16.1 Å². The van der Waals surface area contributed by atoms with Crippen LogP contribution in [-0.2, 0) is 13.0 Å². The summed E-state index contributed by atoms with van der Waals surface area (Å²) in [6.45, 7) is 1.31. The summed E-state index contributed by atoms with van der Waals surface area (Å²) in [5, 5.41) is 0.477. The average Bonchev–Trinajstić information content (AvgIpc) is 2.42. The van der Waals surface area contributed by atoms with E-state index in [-0.39, 0.29) is 5.82 Å². The van der Waals surface area contributed by atoms with Crippen LogP contribution < -0.4 is 0 Å². The molecule has 2 nitrogen and oxygen atoms in total. The Morgan fingerprint density at radius 3 is 2.74 bits per heavy atom. The van der Waals surface area contributed by atoms with Crippen molar-refractivity contribution in [3.05, 3.63) is 64.7 Å². The molecule has 19 heavy (non-hydrogen) atoms. The molecule has 0 atom stereocenters. The predicted octanol–water partition coefficient (Wildman–Crippen LogP) is 3.55. The molecule has 0 aliphatic carbocycles. The lowest BCUT2D eigenvalue weighted by Gasteiger charge is -2.17. The maximum Gasteiger partial charge on any atom is 0.129 e. The third-order valence-electron chi connectivity index (χ3n) is 2.97. The molecule has 0 bridgehead atoms. The third-order valence-corrected chi connectivity index (χ3v) is 3.32. The average molecular weight is 279 g/mol. The Bertz CT molecular complexity index is 511. The SMILES string of the molecule is CN(CCc1ccccn1)Cc1c(F)cccc1Cl. The number of pyridine rings is 1. The van der Waals surface area contributed by atoms with E-state index in [0.29, 0.717) is 17.1 Å². The number of rotatable bonds is 5. The highest BCUT2D eigenvalue weighted by atomic mass is 35.5. The van der Waals surface area contributed by atoms with Crippen molar-refractivity contribution in [2.24, 2.45) is 0 Å². The molecule has 0 spiro atoms. The Morgan fingerprint density at radius 1 is 1.21 bits per heavy atom. The van der Waals surface area contributed by atoms with E-state index in [1.165, 1.54) is 6.07 Å². The lowest BCUT2D eigenvalue weighted by atomic mass is 10.2. The van der Waals surface area contributed by atoms with Crippen molar-refractivity contribution >= 4 is 11.6 Å². The summed E-state index contributed by atoms with van der Waals surface area (Å²) < 4.78 is 13.7. The van der Waals surface area contributed by atoms with Crippen molar-refractivity contribution in [3.63, 3.8) is 0 Å². The molecule has 0 unspecified atom stereocenters. The highest BCUT2D eigenvalue weighted by Crippen LogP contribution is 2.20. The molecule has 1 aromatic heterocycles. The molecule has 2 rings (SSSR count). The monoisotopic (exact) mass is 278 g/mol. The minimum atomic E-state index is -0.253. The largest absolute Gasteiger partial charge is 0.302 e. The Labute approximate surface area is 117 Å². The second-order valence-electron chi connectivity index (χ2n) is 4.51. The standard InChI is InChI=1S/C15H16ClFN2/c1-19(10-8-12-5-2-3-9-18-12)11-13-14(16)6-4-7-15(13)17/h2-7,9H,8,10-11H2,1H3. The maximum atomic E-state index is 13.7. The molecule has 1 aromatic carbocycles. The minimum Gasteiger partial charge on any atom is -0.302 e. The van der Waals surface area contributed by atoms with Gasteiger partial charge < -0.3 is 4.90 Å². The molecule has 0 radical (unpaired) electrons. The first-order valence-electron chi connectivity index (χ1n) is 6.18. The summed E-state index contributed by atoms with van der Waals surface area (Å²) in [5.74, 6) is -0.253. The predicted molar refractivity (Wildman–Crippen MR) is 75.7 cm³/mol. The molecule has 0 N–H and O–H groups in total. The van der Waals surface area contributed by atoms with E-state index in [0.717, 1.165) is 18.7 Å². The van der Waals surface area contributed by atoms with E-state index in [1.807, 2.05) is 30.1 Å². The molecule has 4 heteroatoms. The van der Waals surface area contributed by atoms with Gasteiger partial charge in [-0.05, 0) is 31.3 Å². The fourth-order valence-corrected chi connectivity index (χ4v) is 2.11. The molecular formula is C15H16ClFN2. The number of hydrogen-bond donors (Lipinski definition) is 0. The van der Waals surface area contributed by atoms with Crippen LogP contribution >= 0.6 is 11.6 Å². The Morgan fingerprint density at radius 2 is 2.05 bits per heavy atom. The van der Waals surface area contributed by atoms with Crippen LogP contribution in [0.5, 0.6) is 0 Å². The highest BCUT2D eigenvalue weighted by Gasteiger charge is 2.09. The molecule has 0 aliphatic rings. The van der Waals surface area contributed by atoms with Gasteiger partial charge in [-0.3, -0.25) is 4.98 Å². The van der Waals surface area contributed by atoms with Gasteiger partial charge in [0.05, 0.1) is 0 Å². The number of halogens is 2.